The molecule has 0 unspecified atom stereocenters. The number of halogens is 1. The van der Waals surface area contributed by atoms with Gasteiger partial charge in [0.2, 0.25) is 0 Å². The highest BCUT2D eigenvalue weighted by molar-refractivity contribution is 14.1. The minimum atomic E-state index is -0.405. The standard InChI is InChI=1S/C24H22INO3/c1-14-21(24(28)29-2)22(16-9-6-10-18(25)11-16)23-19(26-14)12-17(13-20(23)27)15-7-4-3-5-8-15/h3-11,17,22,26H,12-13H2,1-2H3/t17-,22-/m0/s1. The zero-order valence-electron chi connectivity index (χ0n) is 16.4. The largest absolute Gasteiger partial charge is 0.466 e. The van der Waals surface area contributed by atoms with Gasteiger partial charge in [0.15, 0.2) is 5.78 Å². The van der Waals surface area contributed by atoms with E-state index in [0.717, 1.165) is 26.9 Å². The molecule has 0 aromatic heterocycles. The molecule has 29 heavy (non-hydrogen) atoms. The van der Waals surface area contributed by atoms with Crippen LogP contribution in [0.25, 0.3) is 0 Å². The average Bonchev–Trinajstić information content (AvgIpc) is 2.72. The lowest BCUT2D eigenvalue weighted by Crippen LogP contribution is -2.36. The Kier molecular flexibility index (Phi) is 5.58. The Morgan fingerprint density at radius 3 is 2.48 bits per heavy atom. The van der Waals surface area contributed by atoms with E-state index in [0.29, 0.717) is 17.6 Å². The number of ketones is 1. The Labute approximate surface area is 184 Å². The maximum absolute atomic E-state index is 13.4. The number of nitrogens with one attached hydrogen (secondary N) is 1. The number of rotatable bonds is 3. The van der Waals surface area contributed by atoms with Crippen molar-refractivity contribution in [1.82, 2.24) is 5.32 Å². The van der Waals surface area contributed by atoms with Crippen LogP contribution in [-0.4, -0.2) is 18.9 Å². The van der Waals surface area contributed by atoms with E-state index in [1.807, 2.05) is 49.4 Å². The lowest BCUT2D eigenvalue weighted by atomic mass is 9.72. The number of benzene rings is 2. The number of esters is 1. The van der Waals surface area contributed by atoms with E-state index in [1.165, 1.54) is 12.7 Å². The molecule has 0 fully saturated rings. The Hall–Kier alpha value is -2.41. The summed E-state index contributed by atoms with van der Waals surface area (Å²) in [7, 11) is 1.38. The number of carbonyl (C=O) groups is 2. The molecule has 1 N–H and O–H groups in total. The van der Waals surface area contributed by atoms with Gasteiger partial charge in [0, 0.05) is 32.9 Å². The van der Waals surface area contributed by atoms with E-state index in [-0.39, 0.29) is 11.7 Å². The van der Waals surface area contributed by atoms with Gasteiger partial charge in [-0.05, 0) is 65.1 Å². The van der Waals surface area contributed by atoms with Gasteiger partial charge in [0.1, 0.15) is 0 Å². The normalized spacial score (nSPS) is 21.6. The third-order valence-electron chi connectivity index (χ3n) is 5.69. The second-order valence-corrected chi connectivity index (χ2v) is 8.72. The molecule has 2 aliphatic rings. The number of methoxy groups -OCH3 is 1. The highest BCUT2D eigenvalue weighted by atomic mass is 127. The van der Waals surface area contributed by atoms with Gasteiger partial charge >= 0.3 is 5.97 Å². The fourth-order valence-electron chi connectivity index (χ4n) is 4.40. The van der Waals surface area contributed by atoms with Gasteiger partial charge in [-0.25, -0.2) is 4.79 Å². The lowest BCUT2D eigenvalue weighted by molar-refractivity contribution is -0.136. The van der Waals surface area contributed by atoms with Gasteiger partial charge in [-0.2, -0.15) is 0 Å². The summed E-state index contributed by atoms with van der Waals surface area (Å²) >= 11 is 2.26. The Bertz CT molecular complexity index is 1040. The number of allylic oxidation sites excluding steroid dienone is 3. The summed E-state index contributed by atoms with van der Waals surface area (Å²) in [5.41, 5.74) is 4.99. The second kappa shape index (κ2) is 8.14. The lowest BCUT2D eigenvalue weighted by Gasteiger charge is -2.36. The first-order chi connectivity index (χ1) is 14.0. The molecule has 0 saturated carbocycles. The van der Waals surface area contributed by atoms with Crippen molar-refractivity contribution in [2.45, 2.75) is 31.6 Å². The van der Waals surface area contributed by atoms with E-state index < -0.39 is 11.9 Å². The molecule has 4 rings (SSSR count). The van der Waals surface area contributed by atoms with Gasteiger partial charge < -0.3 is 10.1 Å². The monoisotopic (exact) mass is 499 g/mol. The average molecular weight is 499 g/mol. The quantitative estimate of drug-likeness (QED) is 0.486. The number of dihydropyridines is 1. The van der Waals surface area contributed by atoms with Crippen molar-refractivity contribution in [1.29, 1.82) is 0 Å². The summed E-state index contributed by atoms with van der Waals surface area (Å²) in [4.78, 5) is 26.0. The van der Waals surface area contributed by atoms with Crippen LogP contribution in [0.2, 0.25) is 0 Å². The van der Waals surface area contributed by atoms with Gasteiger partial charge in [0.05, 0.1) is 12.7 Å². The number of ether oxygens (including phenoxy) is 1. The highest BCUT2D eigenvalue weighted by Gasteiger charge is 2.41. The molecule has 0 bridgehead atoms. The molecule has 2 aromatic rings. The van der Waals surface area contributed by atoms with Crippen LogP contribution in [0.3, 0.4) is 0 Å². The van der Waals surface area contributed by atoms with Crippen molar-refractivity contribution >= 4 is 34.3 Å². The molecule has 5 heteroatoms. The third kappa shape index (κ3) is 3.75. The topological polar surface area (TPSA) is 55.4 Å². The Morgan fingerprint density at radius 2 is 1.79 bits per heavy atom. The predicted molar refractivity (Wildman–Crippen MR) is 120 cm³/mol. The fourth-order valence-corrected chi connectivity index (χ4v) is 4.97. The molecule has 0 saturated heterocycles. The van der Waals surface area contributed by atoms with Crippen LogP contribution in [0.4, 0.5) is 0 Å². The first kappa shape index (κ1) is 19.9. The van der Waals surface area contributed by atoms with Crippen LogP contribution in [0.15, 0.2) is 77.1 Å². The molecular formula is C24H22INO3. The molecule has 1 aliphatic carbocycles. The summed E-state index contributed by atoms with van der Waals surface area (Å²) in [5, 5.41) is 3.36. The summed E-state index contributed by atoms with van der Waals surface area (Å²) in [6.07, 6.45) is 1.19. The number of hydrogen-bond donors (Lipinski definition) is 1. The maximum atomic E-state index is 13.4. The summed E-state index contributed by atoms with van der Waals surface area (Å²) in [6.45, 7) is 1.88. The molecule has 4 nitrogen and oxygen atoms in total. The highest BCUT2D eigenvalue weighted by Crippen LogP contribution is 2.45. The smallest absolute Gasteiger partial charge is 0.336 e. The van der Waals surface area contributed by atoms with Crippen molar-refractivity contribution in [2.75, 3.05) is 7.11 Å². The van der Waals surface area contributed by atoms with Crippen LogP contribution in [0.1, 0.15) is 42.7 Å². The summed E-state index contributed by atoms with van der Waals surface area (Å²) in [5.74, 6) is -0.578. The van der Waals surface area contributed by atoms with Crippen LogP contribution in [0.5, 0.6) is 0 Å². The minimum Gasteiger partial charge on any atom is -0.466 e. The SMILES string of the molecule is COC(=O)C1=C(C)NC2=C(C(=O)C[C@@H](c3ccccc3)C2)[C@H]1c1cccc(I)c1. The van der Waals surface area contributed by atoms with E-state index in [2.05, 4.69) is 40.0 Å². The van der Waals surface area contributed by atoms with Crippen LogP contribution in [0, 0.1) is 3.57 Å². The third-order valence-corrected chi connectivity index (χ3v) is 6.36. The molecule has 1 heterocycles. The van der Waals surface area contributed by atoms with Gasteiger partial charge in [-0.3, -0.25) is 4.79 Å². The van der Waals surface area contributed by atoms with Crippen molar-refractivity contribution < 1.29 is 14.3 Å². The van der Waals surface area contributed by atoms with Crippen LogP contribution < -0.4 is 5.32 Å². The van der Waals surface area contributed by atoms with Crippen molar-refractivity contribution in [2.24, 2.45) is 0 Å². The van der Waals surface area contributed by atoms with E-state index in [1.54, 1.807) is 0 Å². The maximum Gasteiger partial charge on any atom is 0.336 e. The van der Waals surface area contributed by atoms with Gasteiger partial charge in [-0.15, -0.1) is 0 Å². The zero-order chi connectivity index (χ0) is 20.5. The van der Waals surface area contributed by atoms with Gasteiger partial charge in [0.25, 0.3) is 0 Å². The van der Waals surface area contributed by atoms with Crippen molar-refractivity contribution in [3.8, 4) is 0 Å². The fraction of sp³-hybridized carbons (Fsp3) is 0.250. The first-order valence-electron chi connectivity index (χ1n) is 9.62. The Morgan fingerprint density at radius 1 is 1.07 bits per heavy atom. The summed E-state index contributed by atoms with van der Waals surface area (Å²) in [6, 6.07) is 18.1. The zero-order valence-corrected chi connectivity index (χ0v) is 18.5. The molecule has 2 atom stereocenters. The van der Waals surface area contributed by atoms with Gasteiger partial charge in [-0.1, -0.05) is 42.5 Å². The molecule has 148 valence electrons. The van der Waals surface area contributed by atoms with Crippen LogP contribution >= 0.6 is 22.6 Å². The van der Waals surface area contributed by atoms with E-state index in [4.69, 9.17) is 4.74 Å². The number of hydrogen-bond acceptors (Lipinski definition) is 4. The molecule has 1 aliphatic heterocycles. The molecule has 2 aromatic carbocycles. The number of Topliss-reactive ketones (excluding diaryl/α,β-unsaturated/α-hetero) is 1. The van der Waals surface area contributed by atoms with Crippen molar-refractivity contribution in [3.63, 3.8) is 0 Å². The molecular weight excluding hydrogens is 477 g/mol. The predicted octanol–water partition coefficient (Wildman–Crippen LogP) is 4.83. The summed E-state index contributed by atoms with van der Waals surface area (Å²) < 4.78 is 6.14. The van der Waals surface area contributed by atoms with Crippen LogP contribution in [-0.2, 0) is 14.3 Å². The molecule has 0 radical (unpaired) electrons. The molecule has 0 spiro atoms. The number of carbonyl (C=O) groups excluding carboxylic acids is 2. The van der Waals surface area contributed by atoms with E-state index >= 15 is 0 Å². The molecule has 0 amide bonds. The minimum absolute atomic E-state index is 0.0883. The van der Waals surface area contributed by atoms with E-state index in [9.17, 15) is 9.59 Å². The first-order valence-corrected chi connectivity index (χ1v) is 10.7. The second-order valence-electron chi connectivity index (χ2n) is 7.47. The van der Waals surface area contributed by atoms with Crippen molar-refractivity contribution in [3.05, 3.63) is 91.8 Å². The Balaban J connectivity index is 1.82.